The third-order valence-electron chi connectivity index (χ3n) is 3.31. The maximum absolute atomic E-state index is 12.3. The van der Waals surface area contributed by atoms with Crippen molar-refractivity contribution < 1.29 is 9.53 Å². The zero-order valence-electron chi connectivity index (χ0n) is 11.0. The maximum Gasteiger partial charge on any atom is 0.257 e. The molecule has 3 heterocycles. The summed E-state index contributed by atoms with van der Waals surface area (Å²) in [4.78, 5) is 22.1. The van der Waals surface area contributed by atoms with Crippen molar-refractivity contribution in [3.63, 3.8) is 0 Å². The van der Waals surface area contributed by atoms with Crippen LogP contribution in [0.1, 0.15) is 20.9 Å². The second-order valence-corrected chi connectivity index (χ2v) is 6.65. The van der Waals surface area contributed by atoms with Gasteiger partial charge in [-0.2, -0.15) is 0 Å². The number of hydrogen-bond donors (Lipinski definition) is 1. The van der Waals surface area contributed by atoms with Gasteiger partial charge in [0.25, 0.3) is 5.91 Å². The van der Waals surface area contributed by atoms with Gasteiger partial charge in [-0.15, -0.1) is 11.3 Å². The molecule has 1 N–H and O–H groups in total. The molecular weight excluding hydrogens is 306 g/mol. The van der Waals surface area contributed by atoms with Crippen molar-refractivity contribution in [2.24, 2.45) is 0 Å². The van der Waals surface area contributed by atoms with Gasteiger partial charge in [-0.1, -0.05) is 11.3 Å². The molecule has 0 bridgehead atoms. The van der Waals surface area contributed by atoms with Gasteiger partial charge in [0.05, 0.1) is 39.5 Å². The minimum Gasteiger partial charge on any atom is -0.375 e. The first kappa shape index (κ1) is 12.9. The van der Waals surface area contributed by atoms with Crippen molar-refractivity contribution in [3.8, 4) is 0 Å². The van der Waals surface area contributed by atoms with E-state index in [-0.39, 0.29) is 5.91 Å². The second-order valence-electron chi connectivity index (χ2n) is 4.68. The fourth-order valence-electron chi connectivity index (χ4n) is 2.24. The quantitative estimate of drug-likeness (QED) is 0.789. The summed E-state index contributed by atoms with van der Waals surface area (Å²) in [6.07, 6.45) is 0.814. The van der Waals surface area contributed by atoms with Gasteiger partial charge in [0.1, 0.15) is 0 Å². The van der Waals surface area contributed by atoms with Crippen molar-refractivity contribution in [1.82, 2.24) is 9.97 Å². The van der Waals surface area contributed by atoms with Gasteiger partial charge < -0.3 is 4.74 Å². The van der Waals surface area contributed by atoms with E-state index in [9.17, 15) is 4.79 Å². The van der Waals surface area contributed by atoms with Crippen molar-refractivity contribution in [3.05, 3.63) is 39.8 Å². The summed E-state index contributed by atoms with van der Waals surface area (Å²) in [6, 6.07) is 5.51. The lowest BCUT2D eigenvalue weighted by molar-refractivity contribution is 0.102. The van der Waals surface area contributed by atoms with E-state index in [1.165, 1.54) is 22.7 Å². The van der Waals surface area contributed by atoms with Crippen LogP contribution in [0.2, 0.25) is 0 Å². The maximum atomic E-state index is 12.3. The van der Waals surface area contributed by atoms with Gasteiger partial charge in [-0.25, -0.2) is 9.97 Å². The number of nitrogens with zero attached hydrogens (tertiary/aromatic N) is 2. The molecular formula is C14H11N3O2S2. The number of carbonyl (C=O) groups excluding carboxylic acids is 1. The molecule has 1 aliphatic rings. The first-order chi connectivity index (χ1) is 10.3. The van der Waals surface area contributed by atoms with Crippen LogP contribution in [0.3, 0.4) is 0 Å². The molecule has 5 nitrogen and oxygen atoms in total. The molecule has 7 heteroatoms. The smallest absolute Gasteiger partial charge is 0.257 e. The van der Waals surface area contributed by atoms with Crippen LogP contribution in [0.4, 0.5) is 5.13 Å². The number of carbonyl (C=O) groups is 1. The first-order valence-electron chi connectivity index (χ1n) is 6.50. The van der Waals surface area contributed by atoms with Gasteiger partial charge in [-0.05, 0) is 18.2 Å². The molecule has 0 aliphatic carbocycles. The number of aromatic nitrogens is 2. The second kappa shape index (κ2) is 5.18. The molecule has 1 aliphatic heterocycles. The molecule has 21 heavy (non-hydrogen) atoms. The number of benzene rings is 1. The predicted octanol–water partition coefficient (Wildman–Crippen LogP) is 3.08. The Morgan fingerprint density at radius 3 is 3.24 bits per heavy atom. The first-order valence-corrected chi connectivity index (χ1v) is 8.20. The number of thiazole rings is 2. The molecule has 0 fully saturated rings. The molecule has 106 valence electrons. The number of rotatable bonds is 2. The lowest BCUT2D eigenvalue weighted by atomic mass is 10.2. The van der Waals surface area contributed by atoms with E-state index in [4.69, 9.17) is 4.74 Å². The molecule has 3 aromatic rings. The molecule has 2 aromatic heterocycles. The van der Waals surface area contributed by atoms with E-state index in [0.717, 1.165) is 27.2 Å². The molecule has 0 spiro atoms. The van der Waals surface area contributed by atoms with Gasteiger partial charge in [-0.3, -0.25) is 10.1 Å². The number of ether oxygens (including phenoxy) is 1. The van der Waals surface area contributed by atoms with Gasteiger partial charge in [0, 0.05) is 12.0 Å². The molecule has 1 aromatic carbocycles. The lowest BCUT2D eigenvalue weighted by Gasteiger charge is -2.08. The Bertz CT molecular complexity index is 801. The fourth-order valence-corrected chi connectivity index (χ4v) is 3.90. The van der Waals surface area contributed by atoms with E-state index in [1.54, 1.807) is 11.6 Å². The van der Waals surface area contributed by atoms with Crippen LogP contribution in [0.15, 0.2) is 23.7 Å². The molecule has 4 rings (SSSR count). The Kier molecular flexibility index (Phi) is 3.17. The third-order valence-corrected chi connectivity index (χ3v) is 5.09. The Hall–Kier alpha value is -1.83. The Balaban J connectivity index is 1.58. The van der Waals surface area contributed by atoms with E-state index < -0.39 is 0 Å². The Labute approximate surface area is 128 Å². The minimum atomic E-state index is -0.141. The molecule has 0 saturated carbocycles. The van der Waals surface area contributed by atoms with Crippen molar-refractivity contribution >= 4 is 43.9 Å². The largest absolute Gasteiger partial charge is 0.375 e. The van der Waals surface area contributed by atoms with Crippen LogP contribution < -0.4 is 5.32 Å². The molecule has 0 radical (unpaired) electrons. The number of hydrogen-bond acceptors (Lipinski definition) is 6. The average Bonchev–Trinajstić information content (AvgIpc) is 3.11. The highest BCUT2D eigenvalue weighted by atomic mass is 32.1. The van der Waals surface area contributed by atoms with Crippen LogP contribution in [-0.4, -0.2) is 22.5 Å². The average molecular weight is 317 g/mol. The van der Waals surface area contributed by atoms with Crippen LogP contribution in [0, 0.1) is 0 Å². The van der Waals surface area contributed by atoms with E-state index in [0.29, 0.717) is 23.9 Å². The number of fused-ring (bicyclic) bond motifs is 2. The van der Waals surface area contributed by atoms with E-state index >= 15 is 0 Å². The highest BCUT2D eigenvalue weighted by Crippen LogP contribution is 2.27. The Morgan fingerprint density at radius 2 is 2.33 bits per heavy atom. The van der Waals surface area contributed by atoms with Crippen LogP contribution in [-0.2, 0) is 17.8 Å². The predicted molar refractivity (Wildman–Crippen MR) is 83.0 cm³/mol. The molecule has 0 atom stereocenters. The van der Waals surface area contributed by atoms with Crippen LogP contribution in [0.25, 0.3) is 10.2 Å². The minimum absolute atomic E-state index is 0.141. The molecule has 0 saturated heterocycles. The zero-order valence-corrected chi connectivity index (χ0v) is 12.6. The number of anilines is 1. The highest BCUT2D eigenvalue weighted by Gasteiger charge is 2.17. The van der Waals surface area contributed by atoms with Gasteiger partial charge in [0.2, 0.25) is 0 Å². The summed E-state index contributed by atoms with van der Waals surface area (Å²) >= 11 is 3.01. The third kappa shape index (κ3) is 2.44. The Morgan fingerprint density at radius 1 is 1.38 bits per heavy atom. The van der Waals surface area contributed by atoms with E-state index in [1.807, 2.05) is 12.1 Å². The summed E-state index contributed by atoms with van der Waals surface area (Å²) in [5, 5.41) is 3.51. The zero-order chi connectivity index (χ0) is 14.2. The van der Waals surface area contributed by atoms with Crippen molar-refractivity contribution in [2.75, 3.05) is 11.9 Å². The van der Waals surface area contributed by atoms with Crippen molar-refractivity contribution in [2.45, 2.75) is 13.0 Å². The summed E-state index contributed by atoms with van der Waals surface area (Å²) in [5.74, 6) is -0.141. The van der Waals surface area contributed by atoms with Gasteiger partial charge in [0.15, 0.2) is 5.13 Å². The number of nitrogens with one attached hydrogen (secondary N) is 1. The summed E-state index contributed by atoms with van der Waals surface area (Å²) < 4.78 is 6.40. The topological polar surface area (TPSA) is 64.1 Å². The van der Waals surface area contributed by atoms with Crippen molar-refractivity contribution in [1.29, 1.82) is 0 Å². The summed E-state index contributed by atoms with van der Waals surface area (Å²) in [5.41, 5.74) is 4.36. The van der Waals surface area contributed by atoms with Crippen LogP contribution >= 0.6 is 22.7 Å². The molecule has 1 amide bonds. The van der Waals surface area contributed by atoms with Crippen LogP contribution in [0.5, 0.6) is 0 Å². The standard InChI is InChI=1S/C14H11N3O2S2/c18-13(8-1-2-9-11(5-8)20-7-15-9)17-14-16-10-3-4-19-6-12(10)21-14/h1-2,5,7H,3-4,6H2,(H,16,17,18). The number of amides is 1. The van der Waals surface area contributed by atoms with E-state index in [2.05, 4.69) is 15.3 Å². The highest BCUT2D eigenvalue weighted by molar-refractivity contribution is 7.16. The SMILES string of the molecule is O=C(Nc1nc2c(s1)COCC2)c1ccc2ncsc2c1. The van der Waals surface area contributed by atoms with Gasteiger partial charge >= 0.3 is 0 Å². The monoisotopic (exact) mass is 317 g/mol. The summed E-state index contributed by atoms with van der Waals surface area (Å²) in [7, 11) is 0. The lowest BCUT2D eigenvalue weighted by Crippen LogP contribution is -2.11. The summed E-state index contributed by atoms with van der Waals surface area (Å²) in [6.45, 7) is 1.29. The fraction of sp³-hybridized carbons (Fsp3) is 0.214. The molecule has 0 unspecified atom stereocenters. The normalized spacial score (nSPS) is 14.1.